The first-order valence-corrected chi connectivity index (χ1v) is 7.22. The number of aryl methyl sites for hydroxylation is 1. The molecule has 0 bridgehead atoms. The molecule has 0 saturated heterocycles. The van der Waals surface area contributed by atoms with Crippen LogP contribution in [0.3, 0.4) is 0 Å². The number of carboxylic acid groups (broad SMARTS) is 1. The zero-order chi connectivity index (χ0) is 11.7. The van der Waals surface area contributed by atoms with E-state index in [2.05, 4.69) is 32.6 Å². The number of aliphatic carboxylic acids is 1. The summed E-state index contributed by atoms with van der Waals surface area (Å²) in [5.74, 6) is -0.806. The third-order valence-electron chi connectivity index (χ3n) is 1.95. The Kier molecular flexibility index (Phi) is 3.65. The van der Waals surface area contributed by atoms with Gasteiger partial charge in [-0.05, 0) is 35.1 Å². The van der Waals surface area contributed by atoms with Crippen molar-refractivity contribution in [2.75, 3.05) is 5.75 Å². The number of aromatic nitrogens is 2. The number of carboxylic acids is 1. The first-order chi connectivity index (χ1) is 7.59. The molecule has 0 atom stereocenters. The number of rotatable bonds is 3. The third kappa shape index (κ3) is 2.30. The fourth-order valence-electron chi connectivity index (χ4n) is 1.21. The van der Waals surface area contributed by atoms with Gasteiger partial charge >= 0.3 is 5.97 Å². The Balaban J connectivity index is 2.45. The van der Waals surface area contributed by atoms with Crippen molar-refractivity contribution in [1.29, 1.82) is 0 Å². The molecule has 0 aliphatic rings. The van der Waals surface area contributed by atoms with E-state index in [-0.39, 0.29) is 5.75 Å². The van der Waals surface area contributed by atoms with Gasteiger partial charge in [-0.1, -0.05) is 11.8 Å². The molecule has 0 spiro atoms. The van der Waals surface area contributed by atoms with E-state index in [1.54, 1.807) is 11.3 Å². The molecule has 0 fully saturated rings. The lowest BCUT2D eigenvalue weighted by molar-refractivity contribution is -0.133. The molecule has 0 aromatic carbocycles. The van der Waals surface area contributed by atoms with Crippen LogP contribution >= 0.6 is 45.7 Å². The van der Waals surface area contributed by atoms with Crippen LogP contribution in [0.5, 0.6) is 0 Å². The Bertz CT molecular complexity index is 556. The van der Waals surface area contributed by atoms with Crippen molar-refractivity contribution < 1.29 is 9.90 Å². The minimum absolute atomic E-state index is 0.0274. The molecular formula is C9H7IN2O2S2. The average Bonchev–Trinajstić information content (AvgIpc) is 2.53. The van der Waals surface area contributed by atoms with Crippen LogP contribution in [0.1, 0.15) is 5.56 Å². The van der Waals surface area contributed by atoms with Crippen molar-refractivity contribution in [3.05, 3.63) is 14.8 Å². The van der Waals surface area contributed by atoms with E-state index in [1.165, 1.54) is 21.0 Å². The quantitative estimate of drug-likeness (QED) is 0.514. The molecule has 4 nitrogen and oxygen atoms in total. The molecule has 2 aromatic heterocycles. The van der Waals surface area contributed by atoms with Gasteiger partial charge < -0.3 is 5.11 Å². The van der Waals surface area contributed by atoms with Crippen LogP contribution in [0.2, 0.25) is 0 Å². The molecule has 2 heterocycles. The zero-order valence-electron chi connectivity index (χ0n) is 8.23. The number of carbonyl (C=O) groups is 1. The van der Waals surface area contributed by atoms with E-state index < -0.39 is 5.97 Å². The molecule has 0 aliphatic heterocycles. The van der Waals surface area contributed by atoms with Crippen molar-refractivity contribution in [3.8, 4) is 0 Å². The van der Waals surface area contributed by atoms with Gasteiger partial charge in [-0.2, -0.15) is 0 Å². The number of nitrogens with zero attached hydrogens (tertiary/aromatic N) is 2. The summed E-state index contributed by atoms with van der Waals surface area (Å²) in [7, 11) is 0. The lowest BCUT2D eigenvalue weighted by atomic mass is 10.3. The number of hydrogen-bond donors (Lipinski definition) is 1. The van der Waals surface area contributed by atoms with Crippen LogP contribution in [0.4, 0.5) is 0 Å². The van der Waals surface area contributed by atoms with Crippen molar-refractivity contribution >= 4 is 61.9 Å². The fraction of sp³-hybridized carbons (Fsp3) is 0.222. The molecule has 0 radical (unpaired) electrons. The van der Waals surface area contributed by atoms with Crippen molar-refractivity contribution in [1.82, 2.24) is 9.97 Å². The normalized spacial score (nSPS) is 10.9. The maximum atomic E-state index is 10.5. The lowest BCUT2D eigenvalue weighted by Gasteiger charge is -1.98. The van der Waals surface area contributed by atoms with Gasteiger partial charge in [0.05, 0.1) is 18.9 Å². The summed E-state index contributed by atoms with van der Waals surface area (Å²) >= 11 is 5.10. The van der Waals surface area contributed by atoms with E-state index in [4.69, 9.17) is 5.11 Å². The summed E-state index contributed by atoms with van der Waals surface area (Å²) in [6.45, 7) is 2.01. The predicted molar refractivity (Wildman–Crippen MR) is 73.2 cm³/mol. The number of halogens is 1. The summed E-state index contributed by atoms with van der Waals surface area (Å²) in [5.41, 5.74) is 2.07. The summed E-state index contributed by atoms with van der Waals surface area (Å²) in [4.78, 5) is 18.9. The van der Waals surface area contributed by atoms with Gasteiger partial charge in [0.25, 0.3) is 0 Å². The first kappa shape index (κ1) is 12.1. The van der Waals surface area contributed by atoms with E-state index in [0.717, 1.165) is 20.8 Å². The second-order valence-electron chi connectivity index (χ2n) is 3.04. The minimum atomic E-state index is -0.834. The summed E-state index contributed by atoms with van der Waals surface area (Å²) in [6, 6.07) is 0. The van der Waals surface area contributed by atoms with Crippen LogP contribution in [0.25, 0.3) is 10.2 Å². The highest BCUT2D eigenvalue weighted by atomic mass is 127. The number of hydrogen-bond acceptors (Lipinski definition) is 5. The highest BCUT2D eigenvalue weighted by Crippen LogP contribution is 2.35. The van der Waals surface area contributed by atoms with Crippen molar-refractivity contribution in [2.24, 2.45) is 0 Å². The first-order valence-electron chi connectivity index (χ1n) is 4.33. The molecule has 7 heteroatoms. The molecule has 2 aromatic rings. The van der Waals surface area contributed by atoms with Crippen LogP contribution in [0, 0.1) is 9.81 Å². The van der Waals surface area contributed by atoms with Crippen LogP contribution in [-0.4, -0.2) is 26.8 Å². The van der Waals surface area contributed by atoms with Crippen molar-refractivity contribution in [3.63, 3.8) is 0 Å². The SMILES string of the molecule is Cc1c(I)sc2c(SCC(=O)O)ncnc12. The van der Waals surface area contributed by atoms with Gasteiger partial charge in [-0.25, -0.2) is 9.97 Å². The van der Waals surface area contributed by atoms with Gasteiger partial charge in [-0.15, -0.1) is 11.3 Å². The molecule has 0 unspecified atom stereocenters. The zero-order valence-corrected chi connectivity index (χ0v) is 12.0. The smallest absolute Gasteiger partial charge is 0.313 e. The number of thiophene rings is 1. The van der Waals surface area contributed by atoms with E-state index in [0.29, 0.717) is 0 Å². The standard InChI is InChI=1S/C9H7IN2O2S2/c1-4-6-7(16-8(4)10)9(12-3-11-6)15-2-5(13)14/h3H,2H2,1H3,(H,13,14). The molecular weight excluding hydrogens is 359 g/mol. The molecule has 2 rings (SSSR count). The summed E-state index contributed by atoms with van der Waals surface area (Å²) < 4.78 is 2.15. The molecule has 16 heavy (non-hydrogen) atoms. The second kappa shape index (κ2) is 4.84. The Labute approximate surface area is 114 Å². The monoisotopic (exact) mass is 366 g/mol. The van der Waals surface area contributed by atoms with Gasteiger partial charge in [0, 0.05) is 0 Å². The Morgan fingerprint density at radius 1 is 1.62 bits per heavy atom. The topological polar surface area (TPSA) is 63.1 Å². The largest absolute Gasteiger partial charge is 0.481 e. The lowest BCUT2D eigenvalue weighted by Crippen LogP contribution is -1.98. The molecule has 0 saturated carbocycles. The van der Waals surface area contributed by atoms with Gasteiger partial charge in [-0.3, -0.25) is 4.79 Å². The Morgan fingerprint density at radius 2 is 2.38 bits per heavy atom. The summed E-state index contributed by atoms with van der Waals surface area (Å²) in [5, 5.41) is 9.40. The van der Waals surface area contributed by atoms with Crippen LogP contribution in [0.15, 0.2) is 11.4 Å². The maximum Gasteiger partial charge on any atom is 0.313 e. The van der Waals surface area contributed by atoms with E-state index in [9.17, 15) is 4.79 Å². The van der Waals surface area contributed by atoms with Crippen molar-refractivity contribution in [2.45, 2.75) is 11.9 Å². The molecule has 0 amide bonds. The molecule has 0 aliphatic carbocycles. The summed E-state index contributed by atoms with van der Waals surface area (Å²) in [6.07, 6.45) is 1.49. The maximum absolute atomic E-state index is 10.5. The average molecular weight is 366 g/mol. The number of fused-ring (bicyclic) bond motifs is 1. The third-order valence-corrected chi connectivity index (χ3v) is 5.59. The highest BCUT2D eigenvalue weighted by molar-refractivity contribution is 14.1. The number of thioether (sulfide) groups is 1. The molecule has 1 N–H and O–H groups in total. The van der Waals surface area contributed by atoms with E-state index in [1.807, 2.05) is 6.92 Å². The van der Waals surface area contributed by atoms with E-state index >= 15 is 0 Å². The Morgan fingerprint density at radius 3 is 3.06 bits per heavy atom. The fourth-order valence-corrected chi connectivity index (χ4v) is 3.91. The Hall–Kier alpha value is -0.410. The van der Waals surface area contributed by atoms with Crippen LogP contribution < -0.4 is 0 Å². The van der Waals surface area contributed by atoms with Gasteiger partial charge in [0.2, 0.25) is 0 Å². The van der Waals surface area contributed by atoms with Crippen LogP contribution in [-0.2, 0) is 4.79 Å². The molecule has 84 valence electrons. The predicted octanol–water partition coefficient (Wildman–Crippen LogP) is 2.78. The van der Waals surface area contributed by atoms with Gasteiger partial charge in [0.1, 0.15) is 11.4 Å². The highest BCUT2D eigenvalue weighted by Gasteiger charge is 2.13. The van der Waals surface area contributed by atoms with Gasteiger partial charge in [0.15, 0.2) is 0 Å². The minimum Gasteiger partial charge on any atom is -0.481 e. The second-order valence-corrected chi connectivity index (χ2v) is 6.84.